The van der Waals surface area contributed by atoms with Crippen LogP contribution in [0.1, 0.15) is 72.4 Å². The topological polar surface area (TPSA) is 216 Å². The summed E-state index contributed by atoms with van der Waals surface area (Å²) in [5.41, 5.74) is 4.64. The second-order valence-corrected chi connectivity index (χ2v) is 17.5. The number of carbonyl (C=O) groups is 3. The van der Waals surface area contributed by atoms with Crippen LogP contribution in [0.2, 0.25) is 0 Å². The van der Waals surface area contributed by atoms with E-state index in [1.165, 1.54) is 30.3 Å². The number of nitrogen functional groups attached to an aromatic ring is 1. The summed E-state index contributed by atoms with van der Waals surface area (Å²) in [5, 5.41) is 19.4. The lowest BCUT2D eigenvalue weighted by Gasteiger charge is -2.53. The molecule has 2 saturated carbocycles. The van der Waals surface area contributed by atoms with Gasteiger partial charge < -0.3 is 29.2 Å². The van der Waals surface area contributed by atoms with Gasteiger partial charge in [0.2, 0.25) is 5.60 Å². The van der Waals surface area contributed by atoms with Crippen molar-refractivity contribution in [3.8, 4) is 11.8 Å². The molecule has 57 heavy (non-hydrogen) atoms. The molecule has 6 atom stereocenters. The maximum atomic E-state index is 15.0. The normalized spacial score (nSPS) is 24.4. The first-order valence-corrected chi connectivity index (χ1v) is 20.7. The van der Waals surface area contributed by atoms with Gasteiger partial charge in [-0.1, -0.05) is 70.5 Å². The molecule has 3 N–H and O–H groups in total. The summed E-state index contributed by atoms with van der Waals surface area (Å²) in [6, 6.07) is 16.6. The first-order chi connectivity index (χ1) is 27.2. The van der Waals surface area contributed by atoms with E-state index in [-0.39, 0.29) is 28.8 Å². The van der Waals surface area contributed by atoms with Crippen LogP contribution in [0.3, 0.4) is 0 Å². The summed E-state index contributed by atoms with van der Waals surface area (Å²) in [6.07, 6.45) is 1.51. The Balaban J connectivity index is 1.23. The van der Waals surface area contributed by atoms with Gasteiger partial charge in [0.25, 0.3) is 0 Å². The van der Waals surface area contributed by atoms with Crippen LogP contribution in [0.5, 0.6) is 5.75 Å². The highest BCUT2D eigenvalue weighted by Gasteiger charge is 2.63. The molecule has 0 radical (unpaired) electrons. The number of hydrogen-bond acceptors (Lipinski definition) is 14. The van der Waals surface area contributed by atoms with Crippen molar-refractivity contribution in [1.82, 2.24) is 19.7 Å². The number of aromatic nitrogens is 3. The Kier molecular flexibility index (Phi) is 11.1. The molecule has 2 aliphatic carbocycles. The number of hydrogen-bond donors (Lipinski definition) is 2. The lowest BCUT2D eigenvalue weighted by molar-refractivity contribution is -0.173. The molecule has 4 aromatic rings. The van der Waals surface area contributed by atoms with Crippen LogP contribution in [0.15, 0.2) is 60.9 Å². The van der Waals surface area contributed by atoms with Crippen molar-refractivity contribution in [3.63, 3.8) is 0 Å². The zero-order valence-electron chi connectivity index (χ0n) is 32.5. The smallest absolute Gasteiger partial charge is 0.459 e. The van der Waals surface area contributed by atoms with Crippen LogP contribution in [0.25, 0.3) is 16.3 Å². The number of benzene rings is 2. The summed E-state index contributed by atoms with van der Waals surface area (Å²) in [4.78, 5) is 44.0. The molecule has 3 heterocycles. The number of nitrogens with one attached hydrogen (secondary N) is 1. The summed E-state index contributed by atoms with van der Waals surface area (Å²) in [7, 11) is -4.57. The molecule has 302 valence electrons. The minimum atomic E-state index is -4.57. The monoisotopic (exact) mass is 802 g/mol. The van der Waals surface area contributed by atoms with Crippen molar-refractivity contribution in [1.29, 1.82) is 5.26 Å². The fraction of sp³-hybridized carbons (Fsp3) is 0.500. The SMILES string of the molecule is CC(C)C(=O)O[C@H]1[C@@H](OC(=O)C(C)C)[C@](C#N)(c2ccc3c(N)ncnn23)O[C@@H]1COP(=O)(N[C@@H](C)C(=O)OC1CC2(CCC2)C1)Oc1cccc2ccccc12. The molecule has 17 heteroatoms. The molecule has 1 saturated heterocycles. The minimum absolute atomic E-state index is 0.0908. The van der Waals surface area contributed by atoms with Gasteiger partial charge >= 0.3 is 25.7 Å². The van der Waals surface area contributed by atoms with E-state index in [1.807, 2.05) is 18.2 Å². The third kappa shape index (κ3) is 7.81. The molecule has 3 aliphatic rings. The number of rotatable bonds is 14. The summed E-state index contributed by atoms with van der Waals surface area (Å²) in [6.45, 7) is 7.30. The first-order valence-electron chi connectivity index (χ1n) is 19.2. The van der Waals surface area contributed by atoms with Gasteiger partial charge in [-0.05, 0) is 61.6 Å². The fourth-order valence-electron chi connectivity index (χ4n) is 7.63. The Morgan fingerprint density at radius 2 is 1.68 bits per heavy atom. The molecule has 0 bridgehead atoms. The average molecular weight is 803 g/mol. The van der Waals surface area contributed by atoms with Gasteiger partial charge in [-0.15, -0.1) is 0 Å². The molecule has 2 aromatic carbocycles. The van der Waals surface area contributed by atoms with Crippen molar-refractivity contribution >= 4 is 47.8 Å². The summed E-state index contributed by atoms with van der Waals surface area (Å²) >= 11 is 0. The lowest BCUT2D eigenvalue weighted by Crippen LogP contribution is -2.49. The molecule has 2 aromatic heterocycles. The van der Waals surface area contributed by atoms with E-state index in [0.29, 0.717) is 10.9 Å². The molecular weight excluding hydrogens is 755 g/mol. The van der Waals surface area contributed by atoms with Crippen molar-refractivity contribution in [2.45, 2.75) is 103 Å². The standard InChI is InChI=1S/C40H47N6O10P/c1-23(2)36(47)53-33-31(55-40(21-41,34(33)54-37(48)24(3)4)32-15-14-29-35(42)43-22-44-46(29)32)20-51-57(50,56-30-13-8-11-26-10-6-7-12-28(26)30)45-25(5)38(49)52-27-18-39(19-27)16-9-17-39/h6-8,10-15,22-25,27,31,33-34H,9,16-20H2,1-5H3,(H,45,50)(H2,42,43,44)/t25-,31+,33+,34+,40-,57?/m0/s1. The van der Waals surface area contributed by atoms with Gasteiger partial charge in [0, 0.05) is 5.39 Å². The zero-order chi connectivity index (χ0) is 40.7. The van der Waals surface area contributed by atoms with Crippen LogP contribution in [0.4, 0.5) is 5.82 Å². The van der Waals surface area contributed by atoms with Crippen molar-refractivity contribution in [2.75, 3.05) is 12.3 Å². The van der Waals surface area contributed by atoms with E-state index in [1.54, 1.807) is 58.0 Å². The Hall–Kier alpha value is -5.07. The van der Waals surface area contributed by atoms with E-state index < -0.39 is 74.1 Å². The van der Waals surface area contributed by atoms with Crippen LogP contribution >= 0.6 is 7.75 Å². The maximum absolute atomic E-state index is 15.0. The van der Waals surface area contributed by atoms with E-state index in [2.05, 4.69) is 21.2 Å². The highest BCUT2D eigenvalue weighted by molar-refractivity contribution is 7.52. The molecule has 1 spiro atoms. The third-order valence-corrected chi connectivity index (χ3v) is 12.6. The van der Waals surface area contributed by atoms with Gasteiger partial charge in [-0.2, -0.15) is 15.4 Å². The number of fused-ring (bicyclic) bond motifs is 2. The lowest BCUT2D eigenvalue weighted by atomic mass is 9.55. The fourth-order valence-corrected chi connectivity index (χ4v) is 9.15. The molecule has 1 unspecified atom stereocenters. The molecule has 3 fully saturated rings. The van der Waals surface area contributed by atoms with E-state index in [0.717, 1.165) is 31.1 Å². The predicted molar refractivity (Wildman–Crippen MR) is 205 cm³/mol. The second-order valence-electron chi connectivity index (χ2n) is 15.8. The minimum Gasteiger partial charge on any atom is -0.461 e. The number of carbonyl (C=O) groups excluding carboxylic acids is 3. The molecular formula is C40H47N6O10P. The van der Waals surface area contributed by atoms with E-state index in [9.17, 15) is 24.2 Å². The van der Waals surface area contributed by atoms with Gasteiger partial charge in [0.1, 0.15) is 41.9 Å². The Bertz CT molecular complexity index is 2260. The second kappa shape index (κ2) is 15.7. The average Bonchev–Trinajstić information content (AvgIpc) is 3.71. The quantitative estimate of drug-likeness (QED) is 0.0878. The Morgan fingerprint density at radius 3 is 2.37 bits per heavy atom. The highest BCUT2D eigenvalue weighted by atomic mass is 31.2. The zero-order valence-corrected chi connectivity index (χ0v) is 33.3. The number of nitrogens with zero attached hydrogens (tertiary/aromatic N) is 4. The predicted octanol–water partition coefficient (Wildman–Crippen LogP) is 5.78. The number of esters is 3. The highest BCUT2D eigenvalue weighted by Crippen LogP contribution is 2.57. The number of nitriles is 1. The van der Waals surface area contributed by atoms with Crippen LogP contribution in [-0.4, -0.2) is 69.6 Å². The summed E-state index contributed by atoms with van der Waals surface area (Å²) in [5.74, 6) is -3.03. The number of anilines is 1. The number of nitrogens with two attached hydrogens (primary N) is 1. The Labute approximate surface area is 329 Å². The van der Waals surface area contributed by atoms with Crippen LogP contribution in [-0.2, 0) is 48.0 Å². The van der Waals surface area contributed by atoms with Crippen molar-refractivity contribution in [2.24, 2.45) is 17.3 Å². The van der Waals surface area contributed by atoms with Crippen LogP contribution < -0.4 is 15.3 Å². The van der Waals surface area contributed by atoms with E-state index in [4.69, 9.17) is 33.7 Å². The van der Waals surface area contributed by atoms with Gasteiger partial charge in [0.05, 0.1) is 24.1 Å². The largest absolute Gasteiger partial charge is 0.461 e. The Morgan fingerprint density at radius 1 is 0.982 bits per heavy atom. The third-order valence-electron chi connectivity index (χ3n) is 11.0. The maximum Gasteiger partial charge on any atom is 0.459 e. The molecule has 7 rings (SSSR count). The first kappa shape index (κ1) is 40.1. The van der Waals surface area contributed by atoms with Crippen molar-refractivity contribution in [3.05, 3.63) is 66.6 Å². The molecule has 0 amide bonds. The van der Waals surface area contributed by atoms with Crippen LogP contribution in [0, 0.1) is 28.6 Å². The van der Waals surface area contributed by atoms with E-state index >= 15 is 0 Å². The van der Waals surface area contributed by atoms with Gasteiger partial charge in [0.15, 0.2) is 18.0 Å². The van der Waals surface area contributed by atoms with Crippen molar-refractivity contribution < 1.29 is 46.9 Å². The van der Waals surface area contributed by atoms with Gasteiger partial charge in [-0.3, -0.25) is 18.9 Å². The molecule has 16 nitrogen and oxygen atoms in total. The number of ether oxygens (including phenoxy) is 4. The van der Waals surface area contributed by atoms with Gasteiger partial charge in [-0.25, -0.2) is 14.1 Å². The summed E-state index contributed by atoms with van der Waals surface area (Å²) < 4.78 is 52.8. The molecule has 1 aliphatic heterocycles.